The molecule has 0 bridgehead atoms. The van der Waals surface area contributed by atoms with Gasteiger partial charge in [-0.25, -0.2) is 19.7 Å². The highest BCUT2D eigenvalue weighted by Gasteiger charge is 2.43. The maximum absolute atomic E-state index is 12.8. The van der Waals surface area contributed by atoms with E-state index in [9.17, 15) is 9.36 Å². The number of rotatable bonds is 12. The van der Waals surface area contributed by atoms with E-state index in [2.05, 4.69) is 20.0 Å². The lowest BCUT2D eigenvalue weighted by atomic mass is 10.1. The van der Waals surface area contributed by atoms with Gasteiger partial charge in [-0.05, 0) is 44.4 Å². The molecule has 1 aromatic carbocycles. The second kappa shape index (κ2) is 11.3. The van der Waals surface area contributed by atoms with E-state index in [1.165, 1.54) is 6.33 Å². The predicted molar refractivity (Wildman–Crippen MR) is 127 cm³/mol. The van der Waals surface area contributed by atoms with Gasteiger partial charge in [-0.3, -0.25) is 0 Å². The highest BCUT2D eigenvalue weighted by atomic mass is 31.1. The predicted octanol–water partition coefficient (Wildman–Crippen LogP) is 2.89. The molecule has 182 valence electrons. The van der Waals surface area contributed by atoms with Crippen molar-refractivity contribution in [3.8, 4) is 5.75 Å². The minimum absolute atomic E-state index is 0.0681. The number of nitrogen functional groups attached to an aromatic ring is 1. The Kier molecular flexibility index (Phi) is 8.49. The van der Waals surface area contributed by atoms with Gasteiger partial charge in [0.05, 0.1) is 25.1 Å². The van der Waals surface area contributed by atoms with E-state index in [1.807, 2.05) is 25.1 Å². The number of nitrogens with two attached hydrogens (primary N) is 1. The number of carbonyl (C=O) groups excluding carboxylic acids is 1. The molecule has 0 aliphatic rings. The number of carbonyl (C=O) groups is 1. The van der Waals surface area contributed by atoms with E-state index in [-0.39, 0.29) is 25.2 Å². The molecular weight excluding hydrogens is 459 g/mol. The monoisotopic (exact) mass is 489 g/mol. The van der Waals surface area contributed by atoms with Crippen LogP contribution in [-0.4, -0.2) is 56.2 Å². The zero-order valence-corrected chi connectivity index (χ0v) is 20.6. The number of nitrogens with one attached hydrogen (secondary N) is 1. The van der Waals surface area contributed by atoms with E-state index in [0.717, 1.165) is 0 Å². The van der Waals surface area contributed by atoms with Crippen LogP contribution in [0.1, 0.15) is 27.7 Å². The standard InChI is InChI=1S/C22H30N6O5P/c1-15(2)33-21(29)22(4,11-31-17-8-6-5-7-9-17)27-34(30)14-32-16(3)10-28-13-26-18-19(23)24-12-25-20(18)28/h5-9,12-13,15-16H,10-11,14H2,1-4H3,(H,27,30)(H2,23,24,25)/q+1. The summed E-state index contributed by atoms with van der Waals surface area (Å²) in [5.74, 6) is 0.330. The van der Waals surface area contributed by atoms with Crippen LogP contribution >= 0.6 is 7.95 Å². The molecule has 34 heavy (non-hydrogen) atoms. The molecule has 0 aliphatic heterocycles. The van der Waals surface area contributed by atoms with E-state index in [4.69, 9.17) is 19.9 Å². The van der Waals surface area contributed by atoms with Gasteiger partial charge in [0.2, 0.25) is 0 Å². The molecule has 2 heterocycles. The summed E-state index contributed by atoms with van der Waals surface area (Å²) in [5, 5.41) is 2.85. The Labute approximate surface area is 198 Å². The lowest BCUT2D eigenvalue weighted by molar-refractivity contribution is -0.155. The van der Waals surface area contributed by atoms with Crippen LogP contribution in [0.2, 0.25) is 0 Å². The SMILES string of the molecule is CC(C)OC(=O)C(C)(COc1ccccc1)N[P+](=O)COC(C)Cn1cnc2c(N)ncnc21. The largest absolute Gasteiger partial charge is 0.491 e. The summed E-state index contributed by atoms with van der Waals surface area (Å²) >= 11 is 0. The molecule has 11 nitrogen and oxygen atoms in total. The molecule has 0 spiro atoms. The molecule has 3 rings (SSSR count). The molecule has 12 heteroatoms. The molecule has 3 atom stereocenters. The first-order valence-corrected chi connectivity index (χ1v) is 12.3. The van der Waals surface area contributed by atoms with E-state index in [0.29, 0.717) is 29.3 Å². The first-order valence-electron chi connectivity index (χ1n) is 10.8. The fourth-order valence-electron chi connectivity index (χ4n) is 3.09. The fourth-order valence-corrected chi connectivity index (χ4v) is 4.25. The normalized spacial score (nSPS) is 14.6. The van der Waals surface area contributed by atoms with Gasteiger partial charge >= 0.3 is 13.9 Å². The summed E-state index contributed by atoms with van der Waals surface area (Å²) in [4.78, 5) is 25.1. The molecule has 0 aliphatic carbocycles. The minimum Gasteiger partial charge on any atom is -0.491 e. The third-order valence-corrected chi connectivity index (χ3v) is 5.92. The van der Waals surface area contributed by atoms with Crippen LogP contribution in [0.3, 0.4) is 0 Å². The van der Waals surface area contributed by atoms with Crippen LogP contribution in [-0.2, 0) is 25.4 Å². The molecule has 0 radical (unpaired) electrons. The zero-order valence-electron chi connectivity index (χ0n) is 19.7. The average Bonchev–Trinajstić information content (AvgIpc) is 3.20. The van der Waals surface area contributed by atoms with E-state index < -0.39 is 19.5 Å². The van der Waals surface area contributed by atoms with Crippen molar-refractivity contribution in [3.05, 3.63) is 43.0 Å². The number of hydrogen-bond acceptors (Lipinski definition) is 9. The minimum atomic E-state index is -2.12. The number of para-hydroxylation sites is 1. The number of imidazole rings is 1. The quantitative estimate of drug-likeness (QED) is 0.288. The molecule has 3 unspecified atom stereocenters. The lowest BCUT2D eigenvalue weighted by Crippen LogP contribution is -2.52. The number of aromatic nitrogens is 4. The van der Waals surface area contributed by atoms with Crippen molar-refractivity contribution in [1.29, 1.82) is 0 Å². The Morgan fingerprint density at radius 3 is 2.65 bits per heavy atom. The van der Waals surface area contributed by atoms with Crippen LogP contribution < -0.4 is 15.6 Å². The summed E-state index contributed by atoms with van der Waals surface area (Å²) in [7, 11) is -2.12. The maximum atomic E-state index is 12.8. The van der Waals surface area contributed by atoms with Crippen molar-refractivity contribution >= 4 is 30.9 Å². The van der Waals surface area contributed by atoms with Gasteiger partial charge in [-0.15, -0.1) is 0 Å². The Hall–Kier alpha value is -3.14. The third kappa shape index (κ3) is 6.69. The number of anilines is 1. The molecule has 0 saturated heterocycles. The molecule has 0 fully saturated rings. The Morgan fingerprint density at radius 1 is 1.21 bits per heavy atom. The van der Waals surface area contributed by atoms with Crippen LogP contribution in [0.4, 0.5) is 5.82 Å². The van der Waals surface area contributed by atoms with Crippen molar-refractivity contribution < 1.29 is 23.6 Å². The number of fused-ring (bicyclic) bond motifs is 1. The second-order valence-corrected chi connectivity index (χ2v) is 9.55. The Balaban J connectivity index is 1.59. The van der Waals surface area contributed by atoms with Crippen LogP contribution in [0.5, 0.6) is 5.75 Å². The van der Waals surface area contributed by atoms with Gasteiger partial charge < -0.3 is 24.5 Å². The Morgan fingerprint density at radius 2 is 1.94 bits per heavy atom. The van der Waals surface area contributed by atoms with Gasteiger partial charge in [0.1, 0.15) is 24.2 Å². The van der Waals surface area contributed by atoms with Crippen LogP contribution in [0.25, 0.3) is 11.2 Å². The highest BCUT2D eigenvalue weighted by molar-refractivity contribution is 7.42. The van der Waals surface area contributed by atoms with Crippen molar-refractivity contribution in [3.63, 3.8) is 0 Å². The lowest BCUT2D eigenvalue weighted by Gasteiger charge is -2.25. The number of benzene rings is 1. The smallest absolute Gasteiger partial charge is 0.462 e. The molecular formula is C22H30N6O5P+. The molecule has 2 aromatic heterocycles. The molecule has 0 amide bonds. The van der Waals surface area contributed by atoms with Crippen LogP contribution in [0.15, 0.2) is 43.0 Å². The zero-order chi connectivity index (χ0) is 24.7. The molecule has 3 aromatic rings. The first kappa shape index (κ1) is 25.5. The third-order valence-electron chi connectivity index (χ3n) is 4.80. The Bertz CT molecular complexity index is 1130. The van der Waals surface area contributed by atoms with Crippen LogP contribution in [0, 0.1) is 0 Å². The van der Waals surface area contributed by atoms with E-state index >= 15 is 0 Å². The second-order valence-electron chi connectivity index (χ2n) is 8.31. The first-order chi connectivity index (χ1) is 16.2. The number of esters is 1. The molecule has 0 saturated carbocycles. The van der Waals surface area contributed by atoms with Gasteiger partial charge in [-0.1, -0.05) is 23.3 Å². The van der Waals surface area contributed by atoms with E-state index in [1.54, 1.807) is 43.8 Å². The van der Waals surface area contributed by atoms with Gasteiger partial charge in [0.25, 0.3) is 6.35 Å². The van der Waals surface area contributed by atoms with Gasteiger partial charge in [0.15, 0.2) is 17.0 Å². The van der Waals surface area contributed by atoms with Crippen molar-refractivity contribution in [2.45, 2.75) is 52.0 Å². The van der Waals surface area contributed by atoms with Gasteiger partial charge in [0, 0.05) is 0 Å². The van der Waals surface area contributed by atoms with Gasteiger partial charge in [-0.2, -0.15) is 0 Å². The fraction of sp³-hybridized carbons (Fsp3) is 0.455. The number of nitrogens with zero attached hydrogens (tertiary/aromatic N) is 4. The average molecular weight is 489 g/mol. The topological polar surface area (TPSA) is 143 Å². The number of hydrogen-bond donors (Lipinski definition) is 2. The molecule has 3 N–H and O–H groups in total. The summed E-state index contributed by atoms with van der Waals surface area (Å²) in [6, 6.07) is 9.06. The number of ether oxygens (including phenoxy) is 3. The highest BCUT2D eigenvalue weighted by Crippen LogP contribution is 2.25. The van der Waals surface area contributed by atoms with Crippen molar-refractivity contribution in [1.82, 2.24) is 24.6 Å². The summed E-state index contributed by atoms with van der Waals surface area (Å²) in [5.41, 5.74) is 5.59. The van der Waals surface area contributed by atoms with Crippen molar-refractivity contribution in [2.75, 3.05) is 18.7 Å². The summed E-state index contributed by atoms with van der Waals surface area (Å²) < 4.78 is 31.5. The maximum Gasteiger partial charge on any atom is 0.462 e. The summed E-state index contributed by atoms with van der Waals surface area (Å²) in [6.45, 7) is 7.28. The summed E-state index contributed by atoms with van der Waals surface area (Å²) in [6.07, 6.45) is 2.21. The van der Waals surface area contributed by atoms with Crippen molar-refractivity contribution in [2.24, 2.45) is 0 Å².